The Morgan fingerprint density at radius 2 is 2.00 bits per heavy atom. The lowest BCUT2D eigenvalue weighted by atomic mass is 10.7. The molecule has 0 aliphatic carbocycles. The lowest BCUT2D eigenvalue weighted by Gasteiger charge is -1.81. The van der Waals surface area contributed by atoms with Gasteiger partial charge in [0.1, 0.15) is 0 Å². The molecule has 0 aromatic rings. The van der Waals surface area contributed by atoms with E-state index in [0.717, 1.165) is 6.08 Å². The maximum absolute atomic E-state index is 9.72. The third kappa shape index (κ3) is 8.86. The molecule has 0 bridgehead atoms. The summed E-state index contributed by atoms with van der Waals surface area (Å²) in [4.78, 5) is 13.4. The van der Waals surface area contributed by atoms with Crippen molar-refractivity contribution in [1.82, 2.24) is 0 Å². The molecule has 0 aliphatic rings. The molecule has 46 valence electrons. The monoisotopic (exact) mass is 115 g/mol. The first-order valence-electron chi connectivity index (χ1n) is 1.84. The summed E-state index contributed by atoms with van der Waals surface area (Å²) >= 11 is 0. The Balaban J connectivity index is 0. The van der Waals surface area contributed by atoms with Gasteiger partial charge >= 0.3 is 5.97 Å². The van der Waals surface area contributed by atoms with E-state index in [4.69, 9.17) is 0 Å². The molecule has 0 atom stereocenters. The minimum Gasteiger partial charge on any atom is -0.370 e. The zero-order valence-electron chi connectivity index (χ0n) is 4.59. The summed E-state index contributed by atoms with van der Waals surface area (Å²) in [5.74, 6) is 3.75. The Hall–Kier alpha value is -1.09. The van der Waals surface area contributed by atoms with Crippen molar-refractivity contribution in [1.29, 1.82) is 0 Å². The van der Waals surface area contributed by atoms with Crippen molar-refractivity contribution in [2.24, 2.45) is 5.90 Å². The Morgan fingerprint density at radius 3 is 2.00 bits per heavy atom. The average Bonchev–Trinajstić information content (AvgIpc) is 1.91. The molecule has 0 saturated carbocycles. The SMILES string of the molecule is C=C.C=CC(=O)ON. The van der Waals surface area contributed by atoms with Crippen molar-refractivity contribution in [2.45, 2.75) is 0 Å². The molecule has 2 N–H and O–H groups in total. The van der Waals surface area contributed by atoms with E-state index in [1.165, 1.54) is 0 Å². The van der Waals surface area contributed by atoms with Crippen LogP contribution in [0, 0.1) is 0 Å². The third-order valence-electron chi connectivity index (χ3n) is 0.283. The standard InChI is InChI=1S/C3H5NO2.C2H4/c1-2-3(5)6-4;1-2/h2H,1,4H2;1-2H2. The van der Waals surface area contributed by atoms with Gasteiger partial charge in [0.25, 0.3) is 0 Å². The Kier molecular flexibility index (Phi) is 11.7. The number of carbonyl (C=O) groups is 1. The van der Waals surface area contributed by atoms with E-state index in [1.54, 1.807) is 0 Å². The van der Waals surface area contributed by atoms with Gasteiger partial charge in [-0.15, -0.1) is 13.2 Å². The maximum atomic E-state index is 9.72. The van der Waals surface area contributed by atoms with Gasteiger partial charge in [-0.3, -0.25) is 0 Å². The van der Waals surface area contributed by atoms with Crippen LogP contribution in [-0.4, -0.2) is 5.97 Å². The molecule has 0 aromatic carbocycles. The van der Waals surface area contributed by atoms with Gasteiger partial charge in [-0.1, -0.05) is 6.58 Å². The van der Waals surface area contributed by atoms with Crippen LogP contribution >= 0.6 is 0 Å². The van der Waals surface area contributed by atoms with Gasteiger partial charge < -0.3 is 4.84 Å². The van der Waals surface area contributed by atoms with Crippen LogP contribution in [0.15, 0.2) is 25.8 Å². The van der Waals surface area contributed by atoms with E-state index in [0.29, 0.717) is 0 Å². The molecular formula is C5H9NO2. The minimum atomic E-state index is -0.616. The molecule has 0 saturated heterocycles. The Morgan fingerprint density at radius 1 is 1.62 bits per heavy atom. The van der Waals surface area contributed by atoms with E-state index in [-0.39, 0.29) is 0 Å². The van der Waals surface area contributed by atoms with Crippen molar-refractivity contribution in [3.63, 3.8) is 0 Å². The van der Waals surface area contributed by atoms with Crippen molar-refractivity contribution < 1.29 is 9.63 Å². The molecule has 3 heteroatoms. The summed E-state index contributed by atoms with van der Waals surface area (Å²) < 4.78 is 0. The quantitative estimate of drug-likeness (QED) is 0.305. The fraction of sp³-hybridized carbons (Fsp3) is 0. The second-order valence-electron chi connectivity index (χ2n) is 0.641. The minimum absolute atomic E-state index is 0.616. The molecule has 0 radical (unpaired) electrons. The smallest absolute Gasteiger partial charge is 0.348 e. The highest BCUT2D eigenvalue weighted by molar-refractivity contribution is 5.80. The third-order valence-corrected chi connectivity index (χ3v) is 0.283. The zero-order valence-corrected chi connectivity index (χ0v) is 4.59. The number of carbonyl (C=O) groups excluding carboxylic acids is 1. The van der Waals surface area contributed by atoms with Crippen LogP contribution in [0.2, 0.25) is 0 Å². The molecule has 0 heterocycles. The molecule has 0 rings (SSSR count). The normalized spacial score (nSPS) is 5.62. The number of hydrogen-bond acceptors (Lipinski definition) is 3. The predicted molar refractivity (Wildman–Crippen MR) is 31.7 cm³/mol. The van der Waals surface area contributed by atoms with Crippen LogP contribution < -0.4 is 5.90 Å². The second-order valence-corrected chi connectivity index (χ2v) is 0.641. The Labute approximate surface area is 48.4 Å². The van der Waals surface area contributed by atoms with Gasteiger partial charge in [-0.2, -0.15) is 5.90 Å². The lowest BCUT2D eigenvalue weighted by Crippen LogP contribution is -2.04. The molecule has 0 spiro atoms. The molecule has 3 nitrogen and oxygen atoms in total. The molecular weight excluding hydrogens is 106 g/mol. The highest BCUT2D eigenvalue weighted by Gasteiger charge is 1.83. The molecule has 8 heavy (non-hydrogen) atoms. The van der Waals surface area contributed by atoms with Crippen LogP contribution in [-0.2, 0) is 9.63 Å². The fourth-order valence-electron chi connectivity index (χ4n) is 0.0481. The molecule has 0 aromatic heterocycles. The number of rotatable bonds is 1. The summed E-state index contributed by atoms with van der Waals surface area (Å²) in [6, 6.07) is 0. The largest absolute Gasteiger partial charge is 0.370 e. The van der Waals surface area contributed by atoms with Gasteiger partial charge in [0.05, 0.1) is 0 Å². The van der Waals surface area contributed by atoms with Crippen LogP contribution in [0.25, 0.3) is 0 Å². The first-order chi connectivity index (χ1) is 3.81. The van der Waals surface area contributed by atoms with Crippen LogP contribution in [0.4, 0.5) is 0 Å². The van der Waals surface area contributed by atoms with E-state index in [1.807, 2.05) is 0 Å². The van der Waals surface area contributed by atoms with E-state index < -0.39 is 5.97 Å². The lowest BCUT2D eigenvalue weighted by molar-refractivity contribution is -0.138. The van der Waals surface area contributed by atoms with Crippen molar-refractivity contribution in [3.8, 4) is 0 Å². The van der Waals surface area contributed by atoms with Crippen molar-refractivity contribution in [3.05, 3.63) is 25.8 Å². The summed E-state index contributed by atoms with van der Waals surface area (Å²) in [7, 11) is 0. The van der Waals surface area contributed by atoms with Crippen LogP contribution in [0.3, 0.4) is 0 Å². The van der Waals surface area contributed by atoms with E-state index in [2.05, 4.69) is 30.5 Å². The second kappa shape index (κ2) is 9.32. The highest BCUT2D eigenvalue weighted by atomic mass is 16.7. The average molecular weight is 115 g/mol. The Bertz CT molecular complexity index is 80.5. The van der Waals surface area contributed by atoms with E-state index >= 15 is 0 Å². The van der Waals surface area contributed by atoms with Crippen LogP contribution in [0.5, 0.6) is 0 Å². The van der Waals surface area contributed by atoms with Gasteiger partial charge in [0.15, 0.2) is 0 Å². The summed E-state index contributed by atoms with van der Waals surface area (Å²) in [6.45, 7) is 9.08. The van der Waals surface area contributed by atoms with Gasteiger partial charge in [-0.25, -0.2) is 4.79 Å². The molecule has 0 unspecified atom stereocenters. The number of hydrogen-bond donors (Lipinski definition) is 1. The first kappa shape index (κ1) is 10.0. The van der Waals surface area contributed by atoms with E-state index in [9.17, 15) is 4.79 Å². The molecule has 0 amide bonds. The van der Waals surface area contributed by atoms with Crippen molar-refractivity contribution in [2.75, 3.05) is 0 Å². The van der Waals surface area contributed by atoms with Crippen molar-refractivity contribution >= 4 is 5.97 Å². The van der Waals surface area contributed by atoms with Gasteiger partial charge in [0, 0.05) is 6.08 Å². The van der Waals surface area contributed by atoms with Gasteiger partial charge in [-0.05, 0) is 0 Å². The topological polar surface area (TPSA) is 52.3 Å². The summed E-state index contributed by atoms with van der Waals surface area (Å²) in [6.07, 6.45) is 0.986. The highest BCUT2D eigenvalue weighted by Crippen LogP contribution is 1.64. The maximum Gasteiger partial charge on any atom is 0.348 e. The molecule has 0 aliphatic heterocycles. The van der Waals surface area contributed by atoms with Gasteiger partial charge in [0.2, 0.25) is 0 Å². The number of nitrogens with two attached hydrogens (primary N) is 1. The fourth-order valence-corrected chi connectivity index (χ4v) is 0.0481. The predicted octanol–water partition coefficient (Wildman–Crippen LogP) is 0.392. The zero-order chi connectivity index (χ0) is 6.99. The summed E-state index contributed by atoms with van der Waals surface area (Å²) in [5.41, 5.74) is 0. The van der Waals surface area contributed by atoms with Crippen LogP contribution in [0.1, 0.15) is 0 Å². The summed E-state index contributed by atoms with van der Waals surface area (Å²) in [5, 5.41) is 0. The first-order valence-corrected chi connectivity index (χ1v) is 1.84. The molecule has 0 fully saturated rings.